The van der Waals surface area contributed by atoms with Crippen molar-refractivity contribution in [2.75, 3.05) is 0 Å². The summed E-state index contributed by atoms with van der Waals surface area (Å²) in [5, 5.41) is 5.41. The third kappa shape index (κ3) is 2.95. The molecule has 0 fully saturated rings. The van der Waals surface area contributed by atoms with E-state index in [9.17, 15) is 0 Å². The number of fused-ring (bicyclic) bond motifs is 5. The van der Waals surface area contributed by atoms with Crippen LogP contribution in [0.15, 0.2) is 131 Å². The molecule has 0 atom stereocenters. The zero-order valence-electron chi connectivity index (χ0n) is 19.4. The summed E-state index contributed by atoms with van der Waals surface area (Å²) < 4.78 is 2.69. The van der Waals surface area contributed by atoms with E-state index in [1.807, 2.05) is 23.1 Å². The highest BCUT2D eigenvalue weighted by atomic mass is 32.2. The average Bonchev–Trinajstić information content (AvgIpc) is 3.33. The van der Waals surface area contributed by atoms with E-state index < -0.39 is 0 Å². The van der Waals surface area contributed by atoms with Crippen molar-refractivity contribution in [3.8, 4) is 33.4 Å². The van der Waals surface area contributed by atoms with Gasteiger partial charge in [-0.15, -0.1) is 11.3 Å². The van der Waals surface area contributed by atoms with Crippen LogP contribution < -0.4 is 0 Å². The van der Waals surface area contributed by atoms with Gasteiger partial charge in [0.1, 0.15) is 0 Å². The Labute approximate surface area is 217 Å². The summed E-state index contributed by atoms with van der Waals surface area (Å²) in [5.41, 5.74) is 7.80. The van der Waals surface area contributed by atoms with Gasteiger partial charge in [0, 0.05) is 35.3 Å². The fourth-order valence-electron chi connectivity index (χ4n) is 5.68. The van der Waals surface area contributed by atoms with Crippen LogP contribution in [0.3, 0.4) is 0 Å². The number of hydrogen-bond donors (Lipinski definition) is 0. The minimum absolute atomic E-state index is 1.26. The first-order chi connectivity index (χ1) is 17.8. The molecule has 0 bridgehead atoms. The highest BCUT2D eigenvalue weighted by Crippen LogP contribution is 2.49. The zero-order valence-corrected chi connectivity index (χ0v) is 21.0. The summed E-state index contributed by atoms with van der Waals surface area (Å²) in [6.45, 7) is 0. The molecule has 0 aliphatic carbocycles. The second-order valence-corrected chi connectivity index (χ2v) is 11.5. The van der Waals surface area contributed by atoms with E-state index in [2.05, 4.69) is 121 Å². The van der Waals surface area contributed by atoms with Gasteiger partial charge in [-0.1, -0.05) is 109 Å². The van der Waals surface area contributed by atoms with Crippen molar-refractivity contribution in [2.24, 2.45) is 0 Å². The molecule has 0 unspecified atom stereocenters. The summed E-state index contributed by atoms with van der Waals surface area (Å²) in [6, 6.07) is 44.7. The Morgan fingerprint density at radius 3 is 1.94 bits per heavy atom. The first kappa shape index (κ1) is 20.4. The van der Waals surface area contributed by atoms with Crippen LogP contribution in [0.2, 0.25) is 0 Å². The molecule has 0 spiro atoms. The number of benzene rings is 6. The molecular formula is C34H20S2. The van der Waals surface area contributed by atoms with Crippen molar-refractivity contribution >= 4 is 54.0 Å². The molecule has 6 aromatic carbocycles. The average molecular weight is 493 g/mol. The van der Waals surface area contributed by atoms with E-state index >= 15 is 0 Å². The van der Waals surface area contributed by atoms with Crippen molar-refractivity contribution in [1.29, 1.82) is 0 Å². The lowest BCUT2D eigenvalue weighted by Gasteiger charge is -2.21. The maximum Gasteiger partial charge on any atom is 0.0361 e. The minimum Gasteiger partial charge on any atom is -0.135 e. The molecule has 1 aliphatic heterocycles. The maximum atomic E-state index is 2.30. The van der Waals surface area contributed by atoms with Crippen LogP contribution in [0.5, 0.6) is 0 Å². The predicted octanol–water partition coefficient (Wildman–Crippen LogP) is 10.7. The second kappa shape index (κ2) is 7.83. The van der Waals surface area contributed by atoms with Crippen LogP contribution in [-0.2, 0) is 0 Å². The van der Waals surface area contributed by atoms with E-state index in [1.54, 1.807) is 0 Å². The fourth-order valence-corrected chi connectivity index (χ4v) is 7.94. The Balaban J connectivity index is 1.28. The largest absolute Gasteiger partial charge is 0.135 e. The van der Waals surface area contributed by atoms with Gasteiger partial charge in [-0.05, 0) is 63.0 Å². The van der Waals surface area contributed by atoms with Crippen LogP contribution in [0.25, 0.3) is 64.3 Å². The van der Waals surface area contributed by atoms with Gasteiger partial charge >= 0.3 is 0 Å². The molecule has 8 rings (SSSR count). The van der Waals surface area contributed by atoms with E-state index in [0.717, 1.165) is 0 Å². The van der Waals surface area contributed by atoms with Gasteiger partial charge in [-0.25, -0.2) is 0 Å². The second-order valence-electron chi connectivity index (χ2n) is 9.29. The van der Waals surface area contributed by atoms with E-state index in [-0.39, 0.29) is 0 Å². The molecule has 7 aromatic rings. The molecule has 2 heteroatoms. The minimum atomic E-state index is 1.26. The Hall–Kier alpha value is -3.85. The zero-order chi connectivity index (χ0) is 23.6. The van der Waals surface area contributed by atoms with Gasteiger partial charge in [0.2, 0.25) is 0 Å². The standard InChI is InChI=1S/C34H20S2/c1-3-12-29-25(7-1)27-11-5-10-26-23(19-20-32(35-29)34(26)27)21-15-17-22(18-16-21)24-9-6-14-31-33(24)28-8-2-4-13-30(28)36-31/h1-20H. The lowest BCUT2D eigenvalue weighted by atomic mass is 9.91. The normalized spacial score (nSPS) is 12.3. The van der Waals surface area contributed by atoms with Crippen LogP contribution in [0, 0.1) is 0 Å². The van der Waals surface area contributed by atoms with Gasteiger partial charge in [0.15, 0.2) is 0 Å². The van der Waals surface area contributed by atoms with Crippen molar-refractivity contribution < 1.29 is 0 Å². The van der Waals surface area contributed by atoms with Crippen LogP contribution in [0.4, 0.5) is 0 Å². The molecule has 0 saturated carbocycles. The van der Waals surface area contributed by atoms with Crippen molar-refractivity contribution in [3.63, 3.8) is 0 Å². The highest BCUT2D eigenvalue weighted by molar-refractivity contribution is 7.99. The van der Waals surface area contributed by atoms with E-state index in [1.165, 1.54) is 74.1 Å². The van der Waals surface area contributed by atoms with Crippen molar-refractivity contribution in [3.05, 3.63) is 121 Å². The smallest absolute Gasteiger partial charge is 0.0361 e. The summed E-state index contributed by atoms with van der Waals surface area (Å²) in [4.78, 5) is 2.68. The first-order valence-corrected chi connectivity index (χ1v) is 13.8. The van der Waals surface area contributed by atoms with Crippen LogP contribution in [-0.4, -0.2) is 0 Å². The number of rotatable bonds is 2. The Kier molecular flexibility index (Phi) is 4.42. The van der Waals surface area contributed by atoms with Crippen LogP contribution >= 0.6 is 23.1 Å². The maximum absolute atomic E-state index is 2.30. The van der Waals surface area contributed by atoms with Gasteiger partial charge in [0.25, 0.3) is 0 Å². The van der Waals surface area contributed by atoms with E-state index in [0.29, 0.717) is 0 Å². The van der Waals surface area contributed by atoms with Gasteiger partial charge < -0.3 is 0 Å². The highest BCUT2D eigenvalue weighted by Gasteiger charge is 2.20. The monoisotopic (exact) mass is 492 g/mol. The molecule has 1 aliphatic rings. The van der Waals surface area contributed by atoms with Crippen molar-refractivity contribution in [2.45, 2.75) is 9.79 Å². The third-order valence-corrected chi connectivity index (χ3v) is 9.58. The summed E-state index contributed by atoms with van der Waals surface area (Å²) >= 11 is 3.76. The van der Waals surface area contributed by atoms with Gasteiger partial charge in [-0.3, -0.25) is 0 Å². The molecule has 36 heavy (non-hydrogen) atoms. The fraction of sp³-hybridized carbons (Fsp3) is 0. The molecule has 2 heterocycles. The lowest BCUT2D eigenvalue weighted by Crippen LogP contribution is -1.94. The summed E-state index contributed by atoms with van der Waals surface area (Å²) in [7, 11) is 0. The quantitative estimate of drug-likeness (QED) is 0.231. The molecule has 1 aromatic heterocycles. The molecule has 0 nitrogen and oxygen atoms in total. The Morgan fingerprint density at radius 1 is 0.361 bits per heavy atom. The lowest BCUT2D eigenvalue weighted by molar-refractivity contribution is 1.40. The third-order valence-electron chi connectivity index (χ3n) is 7.31. The molecular weight excluding hydrogens is 473 g/mol. The molecule has 0 radical (unpaired) electrons. The van der Waals surface area contributed by atoms with E-state index in [4.69, 9.17) is 0 Å². The Bertz CT molecular complexity index is 1960. The molecule has 0 amide bonds. The number of thiophene rings is 1. The summed E-state index contributed by atoms with van der Waals surface area (Å²) in [6.07, 6.45) is 0. The Morgan fingerprint density at radius 2 is 1.03 bits per heavy atom. The van der Waals surface area contributed by atoms with Gasteiger partial charge in [-0.2, -0.15) is 0 Å². The topological polar surface area (TPSA) is 0 Å². The number of hydrogen-bond acceptors (Lipinski definition) is 2. The summed E-state index contributed by atoms with van der Waals surface area (Å²) in [5.74, 6) is 0. The van der Waals surface area contributed by atoms with Crippen molar-refractivity contribution in [1.82, 2.24) is 0 Å². The van der Waals surface area contributed by atoms with Crippen LogP contribution in [0.1, 0.15) is 0 Å². The SMILES string of the molecule is c1ccc2c(c1)Sc1ccc(-c3ccc(-c4cccc5sc6ccccc6c45)cc3)c3cccc-2c13. The predicted molar refractivity (Wildman–Crippen MR) is 157 cm³/mol. The molecule has 0 saturated heterocycles. The molecule has 168 valence electrons. The van der Waals surface area contributed by atoms with Gasteiger partial charge in [0.05, 0.1) is 0 Å². The first-order valence-electron chi connectivity index (χ1n) is 12.2. The molecule has 0 N–H and O–H groups in total.